The molecule has 2 aromatic carbocycles. The summed E-state index contributed by atoms with van der Waals surface area (Å²) in [6.45, 7) is 4.42. The van der Waals surface area contributed by atoms with Crippen molar-refractivity contribution in [2.75, 3.05) is 0 Å². The van der Waals surface area contributed by atoms with E-state index < -0.39 is 0 Å². The van der Waals surface area contributed by atoms with Crippen molar-refractivity contribution in [3.63, 3.8) is 0 Å². The van der Waals surface area contributed by atoms with Gasteiger partial charge in [0.05, 0.1) is 0 Å². The molecule has 0 saturated carbocycles. The van der Waals surface area contributed by atoms with Crippen LogP contribution in [0.3, 0.4) is 0 Å². The molecule has 18 heavy (non-hydrogen) atoms. The van der Waals surface area contributed by atoms with E-state index >= 15 is 0 Å². The molecule has 0 saturated heterocycles. The van der Waals surface area contributed by atoms with Gasteiger partial charge in [0, 0.05) is 12.1 Å². The van der Waals surface area contributed by atoms with Gasteiger partial charge in [0.25, 0.3) is 0 Å². The minimum atomic E-state index is -0.195. The van der Waals surface area contributed by atoms with E-state index in [1.165, 1.54) is 6.07 Å². The third-order valence-corrected chi connectivity index (χ3v) is 3.02. The fourth-order valence-electron chi connectivity index (χ4n) is 2.13. The van der Waals surface area contributed by atoms with Crippen molar-refractivity contribution < 1.29 is 4.39 Å². The predicted octanol–water partition coefficient (Wildman–Crippen LogP) is 3.99. The average Bonchev–Trinajstić information content (AvgIpc) is 2.31. The van der Waals surface area contributed by atoms with Crippen molar-refractivity contribution in [2.45, 2.75) is 20.4 Å². The number of halogens is 2. The monoisotopic (exact) mass is 265 g/mol. The van der Waals surface area contributed by atoms with Gasteiger partial charge >= 0.3 is 0 Å². The Kier molecular flexibility index (Phi) is 4.88. The van der Waals surface area contributed by atoms with Crippen molar-refractivity contribution in [1.29, 1.82) is 0 Å². The average molecular weight is 266 g/mol. The summed E-state index contributed by atoms with van der Waals surface area (Å²) < 4.78 is 13.9. The molecule has 0 aromatic heterocycles. The van der Waals surface area contributed by atoms with Crippen molar-refractivity contribution in [3.05, 3.63) is 58.9 Å². The first-order chi connectivity index (χ1) is 8.13. The number of rotatable bonds is 2. The third kappa shape index (κ3) is 2.71. The molecule has 0 aliphatic rings. The van der Waals surface area contributed by atoms with Gasteiger partial charge in [-0.1, -0.05) is 24.3 Å². The van der Waals surface area contributed by atoms with Crippen LogP contribution in [0.2, 0.25) is 0 Å². The van der Waals surface area contributed by atoms with Gasteiger partial charge in [-0.05, 0) is 48.2 Å². The molecule has 0 aliphatic heterocycles. The Balaban J connectivity index is 0.00000162. The highest BCUT2D eigenvalue weighted by Crippen LogP contribution is 2.30. The first-order valence-electron chi connectivity index (χ1n) is 5.68. The molecule has 0 fully saturated rings. The van der Waals surface area contributed by atoms with Crippen LogP contribution >= 0.6 is 12.4 Å². The Morgan fingerprint density at radius 1 is 1.06 bits per heavy atom. The summed E-state index contributed by atoms with van der Waals surface area (Å²) in [7, 11) is 0. The number of hydrogen-bond donors (Lipinski definition) is 1. The fourth-order valence-corrected chi connectivity index (χ4v) is 2.13. The second kappa shape index (κ2) is 5.98. The molecule has 0 radical (unpaired) electrons. The van der Waals surface area contributed by atoms with Crippen LogP contribution in [0.4, 0.5) is 4.39 Å². The van der Waals surface area contributed by atoms with E-state index in [-0.39, 0.29) is 18.2 Å². The molecular formula is C15H17ClFN. The summed E-state index contributed by atoms with van der Waals surface area (Å²) in [4.78, 5) is 0. The lowest BCUT2D eigenvalue weighted by Crippen LogP contribution is -1.98. The highest BCUT2D eigenvalue weighted by Gasteiger charge is 2.10. The van der Waals surface area contributed by atoms with Crippen molar-refractivity contribution >= 4 is 12.4 Å². The van der Waals surface area contributed by atoms with Crippen LogP contribution in [0, 0.1) is 19.7 Å². The lowest BCUT2D eigenvalue weighted by atomic mass is 9.94. The molecule has 0 spiro atoms. The molecule has 2 rings (SSSR count). The summed E-state index contributed by atoms with van der Waals surface area (Å²) >= 11 is 0. The zero-order chi connectivity index (χ0) is 12.4. The molecule has 2 N–H and O–H groups in total. The maximum atomic E-state index is 13.9. The van der Waals surface area contributed by atoms with E-state index in [1.807, 2.05) is 38.1 Å². The summed E-state index contributed by atoms with van der Waals surface area (Å²) in [5.74, 6) is -0.195. The minimum Gasteiger partial charge on any atom is -0.326 e. The highest BCUT2D eigenvalue weighted by molar-refractivity contribution is 5.85. The van der Waals surface area contributed by atoms with E-state index in [0.29, 0.717) is 12.1 Å². The quantitative estimate of drug-likeness (QED) is 0.873. The molecule has 1 nitrogen and oxygen atoms in total. The van der Waals surface area contributed by atoms with Gasteiger partial charge in [-0.15, -0.1) is 12.4 Å². The zero-order valence-electron chi connectivity index (χ0n) is 10.5. The minimum absolute atomic E-state index is 0. The molecule has 0 amide bonds. The van der Waals surface area contributed by atoms with Crippen LogP contribution in [-0.2, 0) is 6.54 Å². The summed E-state index contributed by atoms with van der Waals surface area (Å²) in [6, 6.07) is 11.0. The largest absolute Gasteiger partial charge is 0.326 e. The van der Waals surface area contributed by atoms with Crippen LogP contribution in [0.15, 0.2) is 36.4 Å². The summed E-state index contributed by atoms with van der Waals surface area (Å²) in [5.41, 5.74) is 10.3. The summed E-state index contributed by atoms with van der Waals surface area (Å²) in [5, 5.41) is 0. The number of nitrogens with two attached hydrogens (primary N) is 1. The third-order valence-electron chi connectivity index (χ3n) is 3.02. The molecule has 0 atom stereocenters. The van der Waals surface area contributed by atoms with E-state index in [4.69, 9.17) is 5.73 Å². The lowest BCUT2D eigenvalue weighted by molar-refractivity contribution is 0.630. The molecule has 96 valence electrons. The fraction of sp³-hybridized carbons (Fsp3) is 0.200. The van der Waals surface area contributed by atoms with Crippen LogP contribution < -0.4 is 5.73 Å². The van der Waals surface area contributed by atoms with E-state index in [0.717, 1.165) is 22.3 Å². The number of aryl methyl sites for hydroxylation is 2. The second-order valence-electron chi connectivity index (χ2n) is 4.29. The van der Waals surface area contributed by atoms with E-state index in [9.17, 15) is 4.39 Å². The second-order valence-corrected chi connectivity index (χ2v) is 4.29. The van der Waals surface area contributed by atoms with Gasteiger partial charge in [-0.3, -0.25) is 0 Å². The predicted molar refractivity (Wildman–Crippen MR) is 76.4 cm³/mol. The van der Waals surface area contributed by atoms with Gasteiger partial charge in [0.1, 0.15) is 5.82 Å². The maximum absolute atomic E-state index is 13.9. The van der Waals surface area contributed by atoms with Crippen LogP contribution in [0.1, 0.15) is 16.7 Å². The SMILES string of the molecule is Cc1cccc(C)c1-c1cc(CN)ccc1F.Cl. The molecule has 0 heterocycles. The van der Waals surface area contributed by atoms with Crippen molar-refractivity contribution in [2.24, 2.45) is 5.73 Å². The van der Waals surface area contributed by atoms with E-state index in [2.05, 4.69) is 0 Å². The standard InChI is InChI=1S/C15H16FN.ClH/c1-10-4-3-5-11(2)15(10)13-8-12(9-17)6-7-14(13)16;/h3-8H,9,17H2,1-2H3;1H. The van der Waals surface area contributed by atoms with Gasteiger partial charge < -0.3 is 5.73 Å². The van der Waals surface area contributed by atoms with Gasteiger partial charge in [0.15, 0.2) is 0 Å². The highest BCUT2D eigenvalue weighted by atomic mass is 35.5. The Labute approximate surface area is 113 Å². The van der Waals surface area contributed by atoms with Crippen LogP contribution in [0.5, 0.6) is 0 Å². The van der Waals surface area contributed by atoms with Crippen molar-refractivity contribution in [1.82, 2.24) is 0 Å². The van der Waals surface area contributed by atoms with Gasteiger partial charge in [-0.2, -0.15) is 0 Å². The van der Waals surface area contributed by atoms with Gasteiger partial charge in [0.2, 0.25) is 0 Å². The molecule has 0 aliphatic carbocycles. The van der Waals surface area contributed by atoms with Crippen molar-refractivity contribution in [3.8, 4) is 11.1 Å². The Hall–Kier alpha value is -1.38. The molecule has 0 unspecified atom stereocenters. The Morgan fingerprint density at radius 2 is 1.67 bits per heavy atom. The lowest BCUT2D eigenvalue weighted by Gasteiger charge is -2.12. The Morgan fingerprint density at radius 3 is 2.22 bits per heavy atom. The normalized spacial score (nSPS) is 10.0. The first-order valence-corrected chi connectivity index (χ1v) is 5.68. The Bertz CT molecular complexity index is 532. The molecule has 2 aromatic rings. The van der Waals surface area contributed by atoms with Gasteiger partial charge in [-0.25, -0.2) is 4.39 Å². The van der Waals surface area contributed by atoms with Crippen LogP contribution in [0.25, 0.3) is 11.1 Å². The van der Waals surface area contributed by atoms with E-state index in [1.54, 1.807) is 6.07 Å². The maximum Gasteiger partial charge on any atom is 0.131 e. The number of hydrogen-bond acceptors (Lipinski definition) is 1. The molecular weight excluding hydrogens is 249 g/mol. The molecule has 0 bridgehead atoms. The first kappa shape index (κ1) is 14.7. The zero-order valence-corrected chi connectivity index (χ0v) is 11.4. The smallest absolute Gasteiger partial charge is 0.131 e. The van der Waals surface area contributed by atoms with Crippen LogP contribution in [-0.4, -0.2) is 0 Å². The molecule has 3 heteroatoms. The number of benzene rings is 2. The topological polar surface area (TPSA) is 26.0 Å². The summed E-state index contributed by atoms with van der Waals surface area (Å²) in [6.07, 6.45) is 0.